The third-order valence-electron chi connectivity index (χ3n) is 3.59. The van der Waals surface area contributed by atoms with Crippen molar-refractivity contribution in [3.63, 3.8) is 0 Å². The molecule has 2 rings (SSSR count). The maximum Gasteiger partial charge on any atom is 0.325 e. The average molecular weight is 219 g/mol. The molecular weight excluding hydrogens is 208 g/mol. The molecule has 2 saturated carbocycles. The zero-order valence-corrected chi connectivity index (χ0v) is 8.20. The van der Waals surface area contributed by atoms with Crippen LogP contribution < -0.4 is 0 Å². The number of alkyl halides is 1. The number of hydrogen-bond acceptors (Lipinski definition) is 2. The Kier molecular flexibility index (Phi) is 2.00. The summed E-state index contributed by atoms with van der Waals surface area (Å²) in [5.41, 5.74) is 0. The molecule has 2 bridgehead atoms. The van der Waals surface area contributed by atoms with Crippen LogP contribution in [0.1, 0.15) is 19.3 Å². The number of carboxylic acid groups (broad SMARTS) is 2. The molecular formula is C9H11ClO4. The van der Waals surface area contributed by atoms with E-state index in [0.29, 0.717) is 6.42 Å². The number of aliphatic carboxylic acids is 2. The van der Waals surface area contributed by atoms with Crippen molar-refractivity contribution in [1.82, 2.24) is 0 Å². The van der Waals surface area contributed by atoms with Crippen molar-refractivity contribution in [2.75, 3.05) is 0 Å². The zero-order chi connectivity index (χ0) is 10.5. The van der Waals surface area contributed by atoms with Crippen molar-refractivity contribution < 1.29 is 19.8 Å². The van der Waals surface area contributed by atoms with Crippen molar-refractivity contribution in [3.8, 4) is 0 Å². The van der Waals surface area contributed by atoms with Crippen LogP contribution in [0.15, 0.2) is 0 Å². The molecule has 0 saturated heterocycles. The third-order valence-corrected chi connectivity index (χ3v) is 4.29. The Balaban J connectivity index is 2.39. The van der Waals surface area contributed by atoms with Gasteiger partial charge in [0.2, 0.25) is 0 Å². The van der Waals surface area contributed by atoms with Crippen molar-refractivity contribution in [3.05, 3.63) is 0 Å². The fourth-order valence-electron chi connectivity index (χ4n) is 2.99. The number of carbonyl (C=O) groups is 2. The monoisotopic (exact) mass is 218 g/mol. The van der Waals surface area contributed by atoms with E-state index in [1.807, 2.05) is 0 Å². The normalized spacial score (nSPS) is 45.4. The summed E-state index contributed by atoms with van der Waals surface area (Å²) in [6, 6.07) is 0. The van der Waals surface area contributed by atoms with Gasteiger partial charge in [-0.15, -0.1) is 11.6 Å². The lowest BCUT2D eigenvalue weighted by Crippen LogP contribution is -2.48. The van der Waals surface area contributed by atoms with Gasteiger partial charge >= 0.3 is 11.9 Å². The largest absolute Gasteiger partial charge is 0.481 e. The fraction of sp³-hybridized carbons (Fsp3) is 0.778. The van der Waals surface area contributed by atoms with E-state index in [1.54, 1.807) is 0 Å². The van der Waals surface area contributed by atoms with Crippen molar-refractivity contribution in [1.29, 1.82) is 0 Å². The van der Waals surface area contributed by atoms with Crippen LogP contribution in [0.2, 0.25) is 0 Å². The van der Waals surface area contributed by atoms with Gasteiger partial charge in [-0.25, -0.2) is 0 Å². The second-order valence-electron chi connectivity index (χ2n) is 4.16. The topological polar surface area (TPSA) is 74.6 Å². The number of halogens is 1. The van der Waals surface area contributed by atoms with Crippen LogP contribution in [-0.4, -0.2) is 27.0 Å². The van der Waals surface area contributed by atoms with E-state index < -0.39 is 22.7 Å². The van der Waals surface area contributed by atoms with Crippen molar-refractivity contribution in [2.24, 2.45) is 17.8 Å². The van der Waals surface area contributed by atoms with Crippen LogP contribution in [-0.2, 0) is 9.59 Å². The van der Waals surface area contributed by atoms with Gasteiger partial charge in [0, 0.05) is 0 Å². The van der Waals surface area contributed by atoms with Gasteiger partial charge in [0.05, 0.1) is 5.92 Å². The van der Waals surface area contributed by atoms with Crippen LogP contribution in [0.4, 0.5) is 0 Å². The standard InChI is InChI=1S/C9H11ClO4/c10-9(8(13)14)5-2-1-4(3-5)6(9)7(11)12/h4-6H,1-3H2,(H,11,12)(H,13,14)/t4-,5+,6+,9-/m0/s1. The van der Waals surface area contributed by atoms with Gasteiger partial charge in [-0.3, -0.25) is 9.59 Å². The Morgan fingerprint density at radius 2 is 1.93 bits per heavy atom. The first-order valence-corrected chi connectivity index (χ1v) is 5.00. The third kappa shape index (κ3) is 1.00. The fourth-order valence-corrected chi connectivity index (χ4v) is 3.46. The molecule has 2 aliphatic rings. The quantitative estimate of drug-likeness (QED) is 0.683. The summed E-state index contributed by atoms with van der Waals surface area (Å²) in [5.74, 6) is -3.40. The van der Waals surface area contributed by atoms with E-state index in [4.69, 9.17) is 21.8 Å². The minimum atomic E-state index is -1.56. The van der Waals surface area contributed by atoms with Crippen LogP contribution in [0.5, 0.6) is 0 Å². The second kappa shape index (κ2) is 2.86. The minimum Gasteiger partial charge on any atom is -0.481 e. The second-order valence-corrected chi connectivity index (χ2v) is 4.78. The number of carboxylic acids is 2. The summed E-state index contributed by atoms with van der Waals surface area (Å²) in [6.07, 6.45) is 2.18. The summed E-state index contributed by atoms with van der Waals surface area (Å²) in [4.78, 5) is 20.4. The van der Waals surface area contributed by atoms with E-state index in [0.717, 1.165) is 12.8 Å². The first-order chi connectivity index (χ1) is 6.48. The summed E-state index contributed by atoms with van der Waals surface area (Å²) in [7, 11) is 0. The molecule has 0 spiro atoms. The molecule has 2 fully saturated rings. The molecule has 4 nitrogen and oxygen atoms in total. The summed E-state index contributed by atoms with van der Waals surface area (Å²) in [6.45, 7) is 0. The Hall–Kier alpha value is -0.770. The van der Waals surface area contributed by atoms with E-state index in [-0.39, 0.29) is 11.8 Å². The van der Waals surface area contributed by atoms with Gasteiger partial charge in [0.1, 0.15) is 0 Å². The summed E-state index contributed by atoms with van der Waals surface area (Å²) < 4.78 is 0. The van der Waals surface area contributed by atoms with E-state index in [9.17, 15) is 9.59 Å². The van der Waals surface area contributed by atoms with Crippen LogP contribution >= 0.6 is 11.6 Å². The molecule has 0 heterocycles. The van der Waals surface area contributed by atoms with E-state index in [2.05, 4.69) is 0 Å². The minimum absolute atomic E-state index is 0.0499. The molecule has 0 aromatic heterocycles. The molecule has 0 radical (unpaired) electrons. The molecule has 4 atom stereocenters. The first-order valence-electron chi connectivity index (χ1n) is 4.63. The molecule has 2 N–H and O–H groups in total. The van der Waals surface area contributed by atoms with Gasteiger partial charge in [-0.2, -0.15) is 0 Å². The lowest BCUT2D eigenvalue weighted by atomic mass is 9.78. The van der Waals surface area contributed by atoms with E-state index in [1.165, 1.54) is 0 Å². The lowest BCUT2D eigenvalue weighted by Gasteiger charge is -2.32. The Bertz CT molecular complexity index is 303. The van der Waals surface area contributed by atoms with Crippen LogP contribution in [0, 0.1) is 17.8 Å². The Morgan fingerprint density at radius 1 is 1.29 bits per heavy atom. The average Bonchev–Trinajstić information content (AvgIpc) is 2.61. The number of hydrogen-bond donors (Lipinski definition) is 2. The maximum atomic E-state index is 11.0. The van der Waals surface area contributed by atoms with Gasteiger partial charge in [-0.05, 0) is 31.1 Å². The molecule has 0 amide bonds. The predicted octanol–water partition coefficient (Wildman–Crippen LogP) is 1.18. The molecule has 14 heavy (non-hydrogen) atoms. The Labute approximate surface area is 85.9 Å². The molecule has 78 valence electrons. The SMILES string of the molecule is O=C(O)[C@H]1[C@H]2CC[C@H](C2)[C@@]1(Cl)C(=O)O. The van der Waals surface area contributed by atoms with Crippen molar-refractivity contribution >= 4 is 23.5 Å². The predicted molar refractivity (Wildman–Crippen MR) is 48.2 cm³/mol. The van der Waals surface area contributed by atoms with Gasteiger partial charge in [0.15, 0.2) is 4.87 Å². The first kappa shape index (κ1) is 9.77. The summed E-state index contributed by atoms with van der Waals surface area (Å²) >= 11 is 5.98. The highest BCUT2D eigenvalue weighted by molar-refractivity contribution is 6.35. The summed E-state index contributed by atoms with van der Waals surface area (Å²) in [5, 5.41) is 18.0. The lowest BCUT2D eigenvalue weighted by molar-refractivity contribution is -0.154. The zero-order valence-electron chi connectivity index (χ0n) is 7.44. The molecule has 2 aliphatic carbocycles. The molecule has 0 unspecified atom stereocenters. The van der Waals surface area contributed by atoms with Crippen LogP contribution in [0.3, 0.4) is 0 Å². The number of rotatable bonds is 2. The highest BCUT2D eigenvalue weighted by atomic mass is 35.5. The maximum absolute atomic E-state index is 11.0. The highest BCUT2D eigenvalue weighted by Gasteiger charge is 2.64. The highest BCUT2D eigenvalue weighted by Crippen LogP contribution is 2.57. The molecule has 0 aliphatic heterocycles. The van der Waals surface area contributed by atoms with Gasteiger partial charge < -0.3 is 10.2 Å². The molecule has 5 heteroatoms. The Morgan fingerprint density at radius 3 is 2.36 bits per heavy atom. The number of fused-ring (bicyclic) bond motifs is 2. The molecule has 0 aromatic rings. The smallest absolute Gasteiger partial charge is 0.325 e. The van der Waals surface area contributed by atoms with Crippen LogP contribution in [0.25, 0.3) is 0 Å². The van der Waals surface area contributed by atoms with Gasteiger partial charge in [-0.1, -0.05) is 0 Å². The van der Waals surface area contributed by atoms with Gasteiger partial charge in [0.25, 0.3) is 0 Å². The van der Waals surface area contributed by atoms with E-state index >= 15 is 0 Å². The van der Waals surface area contributed by atoms with Crippen molar-refractivity contribution in [2.45, 2.75) is 24.1 Å². The molecule has 0 aromatic carbocycles.